The lowest BCUT2D eigenvalue weighted by Gasteiger charge is -2.17. The molecule has 0 spiro atoms. The van der Waals surface area contributed by atoms with Crippen molar-refractivity contribution in [1.82, 2.24) is 10.2 Å². The predicted octanol–water partition coefficient (Wildman–Crippen LogP) is 2.57. The quantitative estimate of drug-likeness (QED) is 0.878. The van der Waals surface area contributed by atoms with Gasteiger partial charge >= 0.3 is 0 Å². The molecule has 1 heterocycles. The van der Waals surface area contributed by atoms with Gasteiger partial charge in [0.15, 0.2) is 6.61 Å². The van der Waals surface area contributed by atoms with E-state index in [9.17, 15) is 4.79 Å². The van der Waals surface area contributed by atoms with E-state index in [0.29, 0.717) is 11.8 Å². The molecule has 4 heteroatoms. The monoisotopic (exact) mass is 304 g/mol. The molecule has 22 heavy (non-hydrogen) atoms. The molecule has 122 valence electrons. The number of hydrogen-bond donors (Lipinski definition) is 1. The van der Waals surface area contributed by atoms with Gasteiger partial charge in [0.25, 0.3) is 5.91 Å². The van der Waals surface area contributed by atoms with Crippen molar-refractivity contribution in [1.29, 1.82) is 0 Å². The molecule has 1 saturated heterocycles. The Balaban J connectivity index is 1.85. The van der Waals surface area contributed by atoms with E-state index in [-0.39, 0.29) is 12.5 Å². The maximum absolute atomic E-state index is 12.2. The molecule has 1 aliphatic rings. The molecule has 1 N–H and O–H groups in total. The van der Waals surface area contributed by atoms with Crippen molar-refractivity contribution in [3.63, 3.8) is 0 Å². The molecule has 0 radical (unpaired) electrons. The second kappa shape index (κ2) is 7.63. The van der Waals surface area contributed by atoms with E-state index < -0.39 is 0 Å². The van der Waals surface area contributed by atoms with E-state index in [1.54, 1.807) is 0 Å². The smallest absolute Gasteiger partial charge is 0.260 e. The van der Waals surface area contributed by atoms with Crippen LogP contribution in [0.4, 0.5) is 0 Å². The third-order valence-electron chi connectivity index (χ3n) is 4.36. The average molecular weight is 304 g/mol. The zero-order valence-corrected chi connectivity index (χ0v) is 14.2. The molecular formula is C18H28N2O2. The fourth-order valence-corrected chi connectivity index (χ4v) is 3.14. The molecule has 4 nitrogen and oxygen atoms in total. The van der Waals surface area contributed by atoms with Gasteiger partial charge in [0.1, 0.15) is 5.75 Å². The van der Waals surface area contributed by atoms with E-state index in [0.717, 1.165) is 31.8 Å². The highest BCUT2D eigenvalue weighted by atomic mass is 16.5. The Bertz CT molecular complexity index is 514. The number of likely N-dealkylation sites (tertiary alicyclic amines) is 1. The number of nitrogens with one attached hydrogen (secondary N) is 1. The summed E-state index contributed by atoms with van der Waals surface area (Å²) in [5, 5.41) is 3.18. The minimum atomic E-state index is 0.0872. The first-order valence-electron chi connectivity index (χ1n) is 8.17. The Morgan fingerprint density at radius 2 is 2.23 bits per heavy atom. The van der Waals surface area contributed by atoms with Crippen LogP contribution in [-0.2, 0) is 4.79 Å². The summed E-state index contributed by atoms with van der Waals surface area (Å²) in [4.78, 5) is 14.1. The molecule has 0 aliphatic carbocycles. The van der Waals surface area contributed by atoms with Gasteiger partial charge in [0.2, 0.25) is 0 Å². The van der Waals surface area contributed by atoms with Gasteiger partial charge in [-0.15, -0.1) is 0 Å². The minimum Gasteiger partial charge on any atom is -0.484 e. The van der Waals surface area contributed by atoms with Crippen LogP contribution >= 0.6 is 0 Å². The lowest BCUT2D eigenvalue weighted by atomic mass is 9.98. The minimum absolute atomic E-state index is 0.0872. The number of rotatable bonds is 6. The van der Waals surface area contributed by atoms with Gasteiger partial charge in [-0.05, 0) is 62.0 Å². The molecule has 0 saturated carbocycles. The molecule has 1 aliphatic heterocycles. The lowest BCUT2D eigenvalue weighted by molar-refractivity contribution is -0.132. The largest absolute Gasteiger partial charge is 0.484 e. The molecule has 1 amide bonds. The van der Waals surface area contributed by atoms with Crippen LogP contribution in [0, 0.1) is 12.8 Å². The Morgan fingerprint density at radius 3 is 2.86 bits per heavy atom. The Kier molecular flexibility index (Phi) is 5.83. The third kappa shape index (κ3) is 4.23. The zero-order valence-electron chi connectivity index (χ0n) is 14.2. The number of ether oxygens (including phenoxy) is 1. The van der Waals surface area contributed by atoms with Crippen molar-refractivity contribution in [3.05, 3.63) is 29.3 Å². The zero-order chi connectivity index (χ0) is 16.1. The van der Waals surface area contributed by atoms with Gasteiger partial charge in [-0.25, -0.2) is 0 Å². The van der Waals surface area contributed by atoms with Crippen molar-refractivity contribution in [3.8, 4) is 5.75 Å². The van der Waals surface area contributed by atoms with Crippen LogP contribution in [-0.4, -0.2) is 44.1 Å². The highest BCUT2D eigenvalue weighted by Crippen LogP contribution is 2.23. The van der Waals surface area contributed by atoms with Gasteiger partial charge < -0.3 is 15.0 Å². The summed E-state index contributed by atoms with van der Waals surface area (Å²) in [5.41, 5.74) is 2.54. The Morgan fingerprint density at radius 1 is 1.45 bits per heavy atom. The fourth-order valence-electron chi connectivity index (χ4n) is 3.14. The molecule has 1 fully saturated rings. The van der Waals surface area contributed by atoms with Crippen LogP contribution in [0.5, 0.6) is 5.75 Å². The van der Waals surface area contributed by atoms with Crippen molar-refractivity contribution >= 4 is 5.91 Å². The maximum atomic E-state index is 12.2. The third-order valence-corrected chi connectivity index (χ3v) is 4.36. The first kappa shape index (κ1) is 16.8. The number of nitrogens with zero attached hydrogens (tertiary/aromatic N) is 1. The summed E-state index contributed by atoms with van der Waals surface area (Å²) >= 11 is 0. The van der Waals surface area contributed by atoms with Crippen molar-refractivity contribution in [2.24, 2.45) is 5.92 Å². The standard InChI is InChI=1S/C18H28N2O2/c1-13(2)17-6-5-16(9-14(17)3)22-12-18(21)20-8-7-15(11-20)10-19-4/h5-6,9,13,15,19H,7-8,10-12H2,1-4H3. The first-order chi connectivity index (χ1) is 10.5. The van der Waals surface area contributed by atoms with Crippen molar-refractivity contribution in [2.75, 3.05) is 33.3 Å². The van der Waals surface area contributed by atoms with E-state index in [1.165, 1.54) is 11.1 Å². The van der Waals surface area contributed by atoms with Gasteiger partial charge in [0, 0.05) is 13.1 Å². The molecule has 0 aromatic heterocycles. The van der Waals surface area contributed by atoms with E-state index in [4.69, 9.17) is 4.74 Å². The molecule has 1 aromatic carbocycles. The van der Waals surface area contributed by atoms with Crippen LogP contribution in [0.25, 0.3) is 0 Å². The van der Waals surface area contributed by atoms with Gasteiger partial charge in [-0.3, -0.25) is 4.79 Å². The van der Waals surface area contributed by atoms with Crippen LogP contribution in [0.3, 0.4) is 0 Å². The number of amides is 1. The van der Waals surface area contributed by atoms with Gasteiger partial charge in [-0.1, -0.05) is 19.9 Å². The molecule has 1 unspecified atom stereocenters. The summed E-state index contributed by atoms with van der Waals surface area (Å²) in [7, 11) is 1.96. The Hall–Kier alpha value is -1.55. The van der Waals surface area contributed by atoms with Gasteiger partial charge in [0.05, 0.1) is 0 Å². The molecule has 1 aromatic rings. The number of hydrogen-bond acceptors (Lipinski definition) is 3. The summed E-state index contributed by atoms with van der Waals surface area (Å²) < 4.78 is 5.68. The normalized spacial score (nSPS) is 18.0. The lowest BCUT2D eigenvalue weighted by Crippen LogP contribution is -2.34. The fraction of sp³-hybridized carbons (Fsp3) is 0.611. The highest BCUT2D eigenvalue weighted by Gasteiger charge is 2.25. The predicted molar refractivity (Wildman–Crippen MR) is 89.4 cm³/mol. The number of carbonyl (C=O) groups excluding carboxylic acids is 1. The molecule has 2 rings (SSSR count). The molecular weight excluding hydrogens is 276 g/mol. The number of benzene rings is 1. The topological polar surface area (TPSA) is 41.6 Å². The number of carbonyl (C=O) groups is 1. The number of aryl methyl sites for hydroxylation is 1. The van der Waals surface area contributed by atoms with Crippen LogP contribution in [0.1, 0.15) is 37.3 Å². The average Bonchev–Trinajstić information content (AvgIpc) is 2.93. The summed E-state index contributed by atoms with van der Waals surface area (Å²) in [6.07, 6.45) is 1.08. The van der Waals surface area contributed by atoms with Crippen molar-refractivity contribution in [2.45, 2.75) is 33.1 Å². The SMILES string of the molecule is CNCC1CCN(C(=O)COc2ccc(C(C)C)c(C)c2)C1. The van der Waals surface area contributed by atoms with Crippen LogP contribution in [0.2, 0.25) is 0 Å². The maximum Gasteiger partial charge on any atom is 0.260 e. The second-order valence-electron chi connectivity index (χ2n) is 6.51. The van der Waals surface area contributed by atoms with Crippen LogP contribution < -0.4 is 10.1 Å². The van der Waals surface area contributed by atoms with Crippen LogP contribution in [0.15, 0.2) is 18.2 Å². The Labute approximate surface area is 133 Å². The molecule has 0 bridgehead atoms. The van der Waals surface area contributed by atoms with Gasteiger partial charge in [-0.2, -0.15) is 0 Å². The van der Waals surface area contributed by atoms with Crippen molar-refractivity contribution < 1.29 is 9.53 Å². The summed E-state index contributed by atoms with van der Waals surface area (Å²) in [6.45, 7) is 9.25. The second-order valence-corrected chi connectivity index (χ2v) is 6.51. The summed E-state index contributed by atoms with van der Waals surface area (Å²) in [5.74, 6) is 1.94. The van der Waals surface area contributed by atoms with E-state index >= 15 is 0 Å². The first-order valence-corrected chi connectivity index (χ1v) is 8.17. The molecule has 1 atom stereocenters. The van der Waals surface area contributed by atoms with E-state index in [2.05, 4.69) is 32.2 Å². The van der Waals surface area contributed by atoms with E-state index in [1.807, 2.05) is 24.1 Å². The summed E-state index contributed by atoms with van der Waals surface area (Å²) in [6, 6.07) is 6.08. The highest BCUT2D eigenvalue weighted by molar-refractivity contribution is 5.78.